The van der Waals surface area contributed by atoms with Crippen molar-refractivity contribution in [1.82, 2.24) is 0 Å². The fraction of sp³-hybridized carbons (Fsp3) is 0.818. The molecule has 0 fully saturated rings. The van der Waals surface area contributed by atoms with E-state index in [4.69, 9.17) is 10.2 Å². The maximum Gasteiger partial charge on any atom is 0.309 e. The van der Waals surface area contributed by atoms with E-state index in [0.29, 0.717) is 19.3 Å². The number of hydrogen-bond acceptors (Lipinski definition) is 2. The SMILES string of the molecule is CCC(C)(CC)C(=O)O.CCCC(=O)O. The first-order valence-electron chi connectivity index (χ1n) is 5.29. The van der Waals surface area contributed by atoms with Crippen LogP contribution >= 0.6 is 0 Å². The van der Waals surface area contributed by atoms with Gasteiger partial charge >= 0.3 is 11.9 Å². The van der Waals surface area contributed by atoms with Crippen LogP contribution in [0.3, 0.4) is 0 Å². The molecule has 0 aromatic rings. The Bertz CT molecular complexity index is 195. The van der Waals surface area contributed by atoms with Crippen LogP contribution in [0, 0.1) is 5.41 Å². The van der Waals surface area contributed by atoms with Gasteiger partial charge in [-0.2, -0.15) is 0 Å². The molecular formula is C11H22O4. The summed E-state index contributed by atoms with van der Waals surface area (Å²) in [6.07, 6.45) is 2.44. The predicted octanol–water partition coefficient (Wildman–Crippen LogP) is 2.77. The first-order chi connectivity index (χ1) is 6.83. The smallest absolute Gasteiger partial charge is 0.309 e. The topological polar surface area (TPSA) is 74.6 Å². The van der Waals surface area contributed by atoms with Crippen molar-refractivity contribution in [2.75, 3.05) is 0 Å². The van der Waals surface area contributed by atoms with E-state index in [1.54, 1.807) is 6.92 Å². The molecule has 2 N–H and O–H groups in total. The van der Waals surface area contributed by atoms with Crippen LogP contribution in [0.5, 0.6) is 0 Å². The Morgan fingerprint density at radius 2 is 1.47 bits per heavy atom. The van der Waals surface area contributed by atoms with Crippen molar-refractivity contribution in [3.8, 4) is 0 Å². The molecule has 0 aromatic heterocycles. The van der Waals surface area contributed by atoms with Gasteiger partial charge in [0.25, 0.3) is 0 Å². The molecule has 0 radical (unpaired) electrons. The third kappa shape index (κ3) is 7.97. The summed E-state index contributed by atoms with van der Waals surface area (Å²) in [5.41, 5.74) is -0.500. The van der Waals surface area contributed by atoms with Gasteiger partial charge in [0, 0.05) is 6.42 Å². The van der Waals surface area contributed by atoms with E-state index in [-0.39, 0.29) is 0 Å². The molecule has 4 nitrogen and oxygen atoms in total. The van der Waals surface area contributed by atoms with E-state index in [2.05, 4.69) is 0 Å². The summed E-state index contributed by atoms with van der Waals surface area (Å²) >= 11 is 0. The van der Waals surface area contributed by atoms with Crippen molar-refractivity contribution in [3.63, 3.8) is 0 Å². The average Bonchev–Trinajstić information content (AvgIpc) is 2.17. The highest BCUT2D eigenvalue weighted by atomic mass is 16.4. The van der Waals surface area contributed by atoms with Gasteiger partial charge < -0.3 is 10.2 Å². The van der Waals surface area contributed by atoms with Crippen LogP contribution in [-0.2, 0) is 9.59 Å². The highest BCUT2D eigenvalue weighted by molar-refractivity contribution is 5.73. The van der Waals surface area contributed by atoms with Crippen LogP contribution < -0.4 is 0 Å². The zero-order chi connectivity index (χ0) is 12.5. The standard InChI is InChI=1S/C7H14O2.C4H8O2/c1-4-7(3,5-2)6(8)9;1-2-3-4(5)6/h4-5H2,1-3H3,(H,8,9);2-3H2,1H3,(H,5,6). The van der Waals surface area contributed by atoms with Crippen molar-refractivity contribution < 1.29 is 19.8 Å². The lowest BCUT2D eigenvalue weighted by molar-refractivity contribution is -0.148. The number of carboxylic acid groups (broad SMARTS) is 2. The number of carboxylic acids is 2. The minimum atomic E-state index is -0.711. The Hall–Kier alpha value is -1.06. The summed E-state index contributed by atoms with van der Waals surface area (Å²) in [4.78, 5) is 20.1. The van der Waals surface area contributed by atoms with Crippen LogP contribution in [0.1, 0.15) is 53.4 Å². The Morgan fingerprint density at radius 3 is 1.47 bits per heavy atom. The van der Waals surface area contributed by atoms with Gasteiger partial charge in [-0.15, -0.1) is 0 Å². The monoisotopic (exact) mass is 218 g/mol. The Balaban J connectivity index is 0. The summed E-state index contributed by atoms with van der Waals surface area (Å²) in [6.45, 7) is 7.42. The normalized spacial score (nSPS) is 10.1. The largest absolute Gasteiger partial charge is 0.481 e. The van der Waals surface area contributed by atoms with Crippen LogP contribution in [-0.4, -0.2) is 22.2 Å². The summed E-state index contributed by atoms with van der Waals surface area (Å²) < 4.78 is 0. The quantitative estimate of drug-likeness (QED) is 0.744. The maximum absolute atomic E-state index is 10.5. The first kappa shape index (κ1) is 16.4. The third-order valence-corrected chi connectivity index (χ3v) is 2.54. The Labute approximate surface area is 91.3 Å². The van der Waals surface area contributed by atoms with Gasteiger partial charge in [-0.05, 0) is 26.2 Å². The molecular weight excluding hydrogens is 196 g/mol. The third-order valence-electron chi connectivity index (χ3n) is 2.54. The molecule has 0 aliphatic carbocycles. The Kier molecular flexibility index (Phi) is 9.02. The number of aliphatic carboxylic acids is 2. The number of carbonyl (C=O) groups is 2. The highest BCUT2D eigenvalue weighted by Crippen LogP contribution is 2.24. The molecule has 0 saturated heterocycles. The van der Waals surface area contributed by atoms with Crippen molar-refractivity contribution in [2.45, 2.75) is 53.4 Å². The summed E-state index contributed by atoms with van der Waals surface area (Å²) in [5, 5.41) is 16.5. The molecule has 15 heavy (non-hydrogen) atoms. The van der Waals surface area contributed by atoms with E-state index in [9.17, 15) is 9.59 Å². The second-order valence-electron chi connectivity index (χ2n) is 3.72. The van der Waals surface area contributed by atoms with E-state index < -0.39 is 17.4 Å². The van der Waals surface area contributed by atoms with E-state index in [1.165, 1.54) is 0 Å². The molecule has 0 amide bonds. The van der Waals surface area contributed by atoms with Gasteiger partial charge in [-0.3, -0.25) is 9.59 Å². The molecule has 90 valence electrons. The molecule has 0 heterocycles. The summed E-state index contributed by atoms with van der Waals surface area (Å²) in [5.74, 6) is -1.40. The Morgan fingerprint density at radius 1 is 1.07 bits per heavy atom. The minimum Gasteiger partial charge on any atom is -0.481 e. The van der Waals surface area contributed by atoms with Crippen molar-refractivity contribution in [1.29, 1.82) is 0 Å². The van der Waals surface area contributed by atoms with Crippen LogP contribution in [0.4, 0.5) is 0 Å². The molecule has 0 aromatic carbocycles. The average molecular weight is 218 g/mol. The lowest BCUT2D eigenvalue weighted by Crippen LogP contribution is -2.25. The summed E-state index contributed by atoms with van der Waals surface area (Å²) in [6, 6.07) is 0. The van der Waals surface area contributed by atoms with Gasteiger partial charge in [-0.25, -0.2) is 0 Å². The first-order valence-corrected chi connectivity index (χ1v) is 5.29. The van der Waals surface area contributed by atoms with E-state index in [0.717, 1.165) is 6.42 Å². The second-order valence-corrected chi connectivity index (χ2v) is 3.72. The fourth-order valence-electron chi connectivity index (χ4n) is 0.766. The van der Waals surface area contributed by atoms with Gasteiger partial charge in [0.1, 0.15) is 0 Å². The van der Waals surface area contributed by atoms with Crippen molar-refractivity contribution in [2.24, 2.45) is 5.41 Å². The minimum absolute atomic E-state index is 0.292. The lowest BCUT2D eigenvalue weighted by Gasteiger charge is -2.19. The summed E-state index contributed by atoms with van der Waals surface area (Å²) in [7, 11) is 0. The van der Waals surface area contributed by atoms with E-state index >= 15 is 0 Å². The van der Waals surface area contributed by atoms with Gasteiger partial charge in [0.05, 0.1) is 5.41 Å². The van der Waals surface area contributed by atoms with Gasteiger partial charge in [0.15, 0.2) is 0 Å². The molecule has 0 aliphatic heterocycles. The van der Waals surface area contributed by atoms with Crippen LogP contribution in [0.2, 0.25) is 0 Å². The zero-order valence-electron chi connectivity index (χ0n) is 10.0. The van der Waals surface area contributed by atoms with E-state index in [1.807, 2.05) is 20.8 Å². The molecule has 0 aliphatic rings. The second kappa shape index (κ2) is 8.26. The molecule has 0 rings (SSSR count). The molecule has 0 saturated carbocycles. The van der Waals surface area contributed by atoms with Crippen LogP contribution in [0.25, 0.3) is 0 Å². The van der Waals surface area contributed by atoms with Crippen LogP contribution in [0.15, 0.2) is 0 Å². The molecule has 4 heteroatoms. The number of hydrogen-bond donors (Lipinski definition) is 2. The maximum atomic E-state index is 10.5. The molecule has 0 atom stereocenters. The van der Waals surface area contributed by atoms with Crippen molar-refractivity contribution in [3.05, 3.63) is 0 Å². The lowest BCUT2D eigenvalue weighted by atomic mass is 9.85. The highest BCUT2D eigenvalue weighted by Gasteiger charge is 2.28. The zero-order valence-corrected chi connectivity index (χ0v) is 10.0. The van der Waals surface area contributed by atoms with Gasteiger partial charge in [-0.1, -0.05) is 20.8 Å². The molecule has 0 spiro atoms. The van der Waals surface area contributed by atoms with Gasteiger partial charge in [0.2, 0.25) is 0 Å². The fourth-order valence-corrected chi connectivity index (χ4v) is 0.766. The number of rotatable bonds is 5. The molecule has 0 unspecified atom stereocenters. The predicted molar refractivity (Wildman–Crippen MR) is 58.9 cm³/mol. The van der Waals surface area contributed by atoms with Crippen molar-refractivity contribution >= 4 is 11.9 Å². The molecule has 0 bridgehead atoms.